The lowest BCUT2D eigenvalue weighted by atomic mass is 9.78. The molecule has 0 N–H and O–H groups in total. The molecule has 0 aliphatic heterocycles. The van der Waals surface area contributed by atoms with E-state index in [1.807, 2.05) is 37.3 Å². The number of benzene rings is 2. The second kappa shape index (κ2) is 12.5. The Balaban J connectivity index is 2.04. The fraction of sp³-hybridized carbons (Fsp3) is 0.440. The molecule has 3 nitrogen and oxygen atoms in total. The molecule has 2 aromatic carbocycles. The van der Waals surface area contributed by atoms with Crippen LogP contribution < -0.4 is 9.47 Å². The van der Waals surface area contributed by atoms with E-state index in [0.29, 0.717) is 34.9 Å². The molecule has 0 bridgehead atoms. The highest BCUT2D eigenvalue weighted by molar-refractivity contribution is 6.37. The fourth-order valence-corrected chi connectivity index (χ4v) is 3.96. The molecule has 6 heteroatoms. The van der Waals surface area contributed by atoms with E-state index < -0.39 is 0 Å². The van der Waals surface area contributed by atoms with E-state index in [4.69, 9.17) is 44.3 Å². The third kappa shape index (κ3) is 7.52. The summed E-state index contributed by atoms with van der Waals surface area (Å²) in [6.45, 7) is 8.44. The van der Waals surface area contributed by atoms with Crippen molar-refractivity contribution in [3.63, 3.8) is 0 Å². The Kier molecular flexibility index (Phi) is 10.3. The van der Waals surface area contributed by atoms with Crippen LogP contribution in [0.15, 0.2) is 48.7 Å². The number of hydrogen-bond acceptors (Lipinski definition) is 3. The van der Waals surface area contributed by atoms with Crippen molar-refractivity contribution in [2.75, 3.05) is 32.7 Å². The van der Waals surface area contributed by atoms with E-state index >= 15 is 0 Å². The van der Waals surface area contributed by atoms with Crippen molar-refractivity contribution in [3.05, 3.63) is 69.8 Å². The summed E-state index contributed by atoms with van der Waals surface area (Å²) in [5.41, 5.74) is 1.89. The summed E-state index contributed by atoms with van der Waals surface area (Å²) in [4.78, 5) is 2.15. The minimum Gasteiger partial charge on any atom is -0.494 e. The van der Waals surface area contributed by atoms with Gasteiger partial charge in [0.15, 0.2) is 5.75 Å². The van der Waals surface area contributed by atoms with Crippen molar-refractivity contribution in [1.82, 2.24) is 4.90 Å². The summed E-state index contributed by atoms with van der Waals surface area (Å²) < 4.78 is 11.6. The number of hydrogen-bond donors (Lipinski definition) is 0. The molecular formula is C25H32Cl3NO2. The highest BCUT2D eigenvalue weighted by Gasteiger charge is 2.25. The van der Waals surface area contributed by atoms with Gasteiger partial charge in [0.2, 0.25) is 0 Å². The lowest BCUT2D eigenvalue weighted by Crippen LogP contribution is -2.19. The van der Waals surface area contributed by atoms with E-state index in [9.17, 15) is 0 Å². The van der Waals surface area contributed by atoms with Gasteiger partial charge in [0.1, 0.15) is 5.75 Å². The van der Waals surface area contributed by atoms with Gasteiger partial charge >= 0.3 is 0 Å². The molecule has 0 fully saturated rings. The van der Waals surface area contributed by atoms with Crippen LogP contribution in [0.5, 0.6) is 11.5 Å². The summed E-state index contributed by atoms with van der Waals surface area (Å²) in [6.07, 6.45) is 5.80. The predicted octanol–water partition coefficient (Wildman–Crippen LogP) is 7.56. The van der Waals surface area contributed by atoms with Gasteiger partial charge < -0.3 is 14.4 Å². The van der Waals surface area contributed by atoms with Gasteiger partial charge in [-0.15, -0.1) is 11.6 Å². The van der Waals surface area contributed by atoms with E-state index in [1.165, 1.54) is 0 Å². The van der Waals surface area contributed by atoms with Crippen LogP contribution in [0.3, 0.4) is 0 Å². The Labute approximate surface area is 201 Å². The van der Waals surface area contributed by atoms with Crippen LogP contribution in [0.2, 0.25) is 10.0 Å². The molecule has 0 heterocycles. The van der Waals surface area contributed by atoms with E-state index in [-0.39, 0.29) is 5.41 Å². The van der Waals surface area contributed by atoms with Crippen LogP contribution in [0, 0.1) is 0 Å². The molecule has 170 valence electrons. The summed E-state index contributed by atoms with van der Waals surface area (Å²) in [5.74, 6) is 1.91. The quantitative estimate of drug-likeness (QED) is 0.229. The standard InChI is InChI=1S/C25H32Cl3NO2/c1-5-13-29(4)14-7-16-30-21-10-8-19(9-11-21)25(2,3)20-17-22(27)24(23(28)18-20)31-15-6-12-26/h5,8-11,13,17-18H,6-7,12,14-16H2,1-4H3/b13-5-. The molecule has 0 amide bonds. The van der Waals surface area contributed by atoms with Crippen molar-refractivity contribution in [1.29, 1.82) is 0 Å². The molecule has 0 aliphatic carbocycles. The first-order chi connectivity index (χ1) is 14.8. The zero-order valence-electron chi connectivity index (χ0n) is 18.8. The van der Waals surface area contributed by atoms with Crippen LogP contribution >= 0.6 is 34.8 Å². The Bertz CT molecular complexity index is 827. The first-order valence-electron chi connectivity index (χ1n) is 10.5. The van der Waals surface area contributed by atoms with Crippen molar-refractivity contribution >= 4 is 34.8 Å². The normalized spacial score (nSPS) is 11.7. The molecular weight excluding hydrogens is 453 g/mol. The Morgan fingerprint density at radius 1 is 0.935 bits per heavy atom. The van der Waals surface area contributed by atoms with Gasteiger partial charge in [-0.2, -0.15) is 0 Å². The number of allylic oxidation sites excluding steroid dienone is 1. The van der Waals surface area contributed by atoms with Crippen molar-refractivity contribution in [2.24, 2.45) is 0 Å². The Morgan fingerprint density at radius 2 is 1.55 bits per heavy atom. The highest BCUT2D eigenvalue weighted by Crippen LogP contribution is 2.40. The van der Waals surface area contributed by atoms with Crippen LogP contribution in [-0.2, 0) is 5.41 Å². The minimum atomic E-state index is -0.282. The summed E-state index contributed by atoms with van der Waals surface area (Å²) in [6, 6.07) is 12.1. The van der Waals surface area contributed by atoms with Crippen LogP contribution in [-0.4, -0.2) is 37.6 Å². The predicted molar refractivity (Wildman–Crippen MR) is 133 cm³/mol. The number of halogens is 3. The van der Waals surface area contributed by atoms with Crippen molar-refractivity contribution in [3.8, 4) is 11.5 Å². The molecule has 0 spiro atoms. The Hall–Kier alpha value is -1.55. The molecule has 0 radical (unpaired) electrons. The fourth-order valence-electron chi connectivity index (χ4n) is 3.25. The lowest BCUT2D eigenvalue weighted by Gasteiger charge is -2.27. The van der Waals surface area contributed by atoms with Crippen molar-refractivity contribution in [2.45, 2.75) is 39.0 Å². The number of rotatable bonds is 12. The molecule has 31 heavy (non-hydrogen) atoms. The van der Waals surface area contributed by atoms with Gasteiger partial charge in [0.05, 0.1) is 23.3 Å². The molecule has 0 saturated heterocycles. The number of ether oxygens (including phenoxy) is 2. The SMILES string of the molecule is C/C=C\N(C)CCCOc1ccc(C(C)(C)c2cc(Cl)c(OCCCCl)c(Cl)c2)cc1. The largest absolute Gasteiger partial charge is 0.494 e. The number of alkyl halides is 1. The van der Waals surface area contributed by atoms with Crippen LogP contribution in [0.25, 0.3) is 0 Å². The maximum atomic E-state index is 6.48. The first kappa shape index (κ1) is 25.7. The minimum absolute atomic E-state index is 0.282. The third-order valence-electron chi connectivity index (χ3n) is 5.15. The highest BCUT2D eigenvalue weighted by atomic mass is 35.5. The zero-order chi connectivity index (χ0) is 22.9. The van der Waals surface area contributed by atoms with E-state index in [1.54, 1.807) is 0 Å². The van der Waals surface area contributed by atoms with Crippen LogP contribution in [0.4, 0.5) is 0 Å². The van der Waals surface area contributed by atoms with Gasteiger partial charge in [0, 0.05) is 24.9 Å². The molecule has 0 unspecified atom stereocenters. The van der Waals surface area contributed by atoms with Gasteiger partial charge in [-0.3, -0.25) is 0 Å². The van der Waals surface area contributed by atoms with Gasteiger partial charge in [-0.05, 0) is 61.4 Å². The van der Waals surface area contributed by atoms with Gasteiger partial charge in [0.25, 0.3) is 0 Å². The maximum absolute atomic E-state index is 6.48. The van der Waals surface area contributed by atoms with Crippen molar-refractivity contribution < 1.29 is 9.47 Å². The lowest BCUT2D eigenvalue weighted by molar-refractivity contribution is 0.289. The second-order valence-electron chi connectivity index (χ2n) is 7.97. The summed E-state index contributed by atoms with van der Waals surface area (Å²) in [5, 5.41) is 1.01. The average Bonchev–Trinajstić information content (AvgIpc) is 2.73. The summed E-state index contributed by atoms with van der Waals surface area (Å²) >= 11 is 18.7. The average molecular weight is 485 g/mol. The molecule has 2 aromatic rings. The van der Waals surface area contributed by atoms with Crippen LogP contribution in [0.1, 0.15) is 44.7 Å². The zero-order valence-corrected chi connectivity index (χ0v) is 21.0. The topological polar surface area (TPSA) is 21.7 Å². The first-order valence-corrected chi connectivity index (χ1v) is 11.8. The molecule has 0 aliphatic rings. The van der Waals surface area contributed by atoms with Gasteiger partial charge in [-0.1, -0.05) is 55.3 Å². The second-order valence-corrected chi connectivity index (χ2v) is 9.17. The molecule has 0 aromatic heterocycles. The third-order valence-corrected chi connectivity index (χ3v) is 5.98. The van der Waals surface area contributed by atoms with E-state index in [0.717, 1.165) is 36.3 Å². The molecule has 0 saturated carbocycles. The summed E-state index contributed by atoms with van der Waals surface area (Å²) in [7, 11) is 2.06. The Morgan fingerprint density at radius 3 is 2.13 bits per heavy atom. The van der Waals surface area contributed by atoms with E-state index in [2.05, 4.69) is 44.1 Å². The number of nitrogens with zero attached hydrogens (tertiary/aromatic N) is 1. The molecule has 2 rings (SSSR count). The smallest absolute Gasteiger partial charge is 0.156 e. The van der Waals surface area contributed by atoms with Gasteiger partial charge in [-0.25, -0.2) is 0 Å². The monoisotopic (exact) mass is 483 g/mol. The molecule has 0 atom stereocenters. The maximum Gasteiger partial charge on any atom is 0.156 e.